The van der Waals surface area contributed by atoms with Gasteiger partial charge in [0.2, 0.25) is 0 Å². The number of nitrogens with zero attached hydrogens (tertiary/aromatic N) is 1. The van der Waals surface area contributed by atoms with Crippen molar-refractivity contribution in [2.24, 2.45) is 5.92 Å². The molecule has 0 radical (unpaired) electrons. The maximum atomic E-state index is 6.52. The first-order valence-corrected chi connectivity index (χ1v) is 25.8. The van der Waals surface area contributed by atoms with Crippen LogP contribution in [0.2, 0.25) is 0 Å². The van der Waals surface area contributed by atoms with Crippen LogP contribution in [0.15, 0.2) is 290 Å². The minimum atomic E-state index is -0.401. The number of anilines is 3. The highest BCUT2D eigenvalue weighted by atomic mass is 16.3. The fraction of sp³-hybridized carbons (Fsp3) is 0.0556. The van der Waals surface area contributed by atoms with Crippen LogP contribution in [0.4, 0.5) is 17.1 Å². The average molecular weight is 946 g/mol. The Bertz CT molecular complexity index is 4100. The Labute approximate surface area is 432 Å². The van der Waals surface area contributed by atoms with E-state index in [1.54, 1.807) is 0 Å². The molecule has 2 aliphatic carbocycles. The monoisotopic (exact) mass is 945 g/mol. The Morgan fingerprint density at radius 2 is 0.959 bits per heavy atom. The van der Waals surface area contributed by atoms with Crippen molar-refractivity contribution in [2.45, 2.75) is 17.8 Å². The number of rotatable bonds is 9. The summed E-state index contributed by atoms with van der Waals surface area (Å²) in [5, 5.41) is 4.67. The van der Waals surface area contributed by atoms with E-state index in [9.17, 15) is 0 Å². The summed E-state index contributed by atoms with van der Waals surface area (Å²) in [5.41, 5.74) is 19.0. The highest BCUT2D eigenvalue weighted by molar-refractivity contribution is 6.10. The zero-order chi connectivity index (χ0) is 49.2. The minimum absolute atomic E-state index is 0.109. The van der Waals surface area contributed by atoms with Gasteiger partial charge in [-0.15, -0.1) is 0 Å². The molecule has 0 spiro atoms. The largest absolute Gasteiger partial charge is 0.456 e. The lowest BCUT2D eigenvalue weighted by atomic mass is 9.57. The normalized spacial score (nSPS) is 16.5. The molecule has 0 fully saturated rings. The summed E-state index contributed by atoms with van der Waals surface area (Å²) in [6, 6.07) is 97.9. The molecular formula is C72H51NO. The van der Waals surface area contributed by atoms with Crippen molar-refractivity contribution >= 4 is 55.3 Å². The molecule has 11 aromatic carbocycles. The van der Waals surface area contributed by atoms with Crippen molar-refractivity contribution in [2.75, 3.05) is 4.90 Å². The van der Waals surface area contributed by atoms with E-state index in [4.69, 9.17) is 4.42 Å². The smallest absolute Gasteiger partial charge is 0.136 e. The number of para-hydroxylation sites is 3. The topological polar surface area (TPSA) is 16.4 Å². The number of allylic oxidation sites excluding steroid dienone is 4. The number of hydrogen-bond donors (Lipinski definition) is 0. The van der Waals surface area contributed by atoms with Gasteiger partial charge in [-0.3, -0.25) is 0 Å². The second-order valence-corrected chi connectivity index (χ2v) is 20.0. The molecule has 350 valence electrons. The van der Waals surface area contributed by atoms with E-state index in [1.165, 1.54) is 60.9 Å². The molecule has 0 saturated heterocycles. The van der Waals surface area contributed by atoms with Gasteiger partial charge in [0.25, 0.3) is 0 Å². The van der Waals surface area contributed by atoms with Crippen molar-refractivity contribution in [1.29, 1.82) is 0 Å². The Morgan fingerprint density at radius 3 is 1.69 bits per heavy atom. The van der Waals surface area contributed by atoms with Crippen LogP contribution < -0.4 is 4.90 Å². The van der Waals surface area contributed by atoms with Gasteiger partial charge in [0, 0.05) is 38.9 Å². The van der Waals surface area contributed by atoms with Crippen LogP contribution >= 0.6 is 0 Å². The van der Waals surface area contributed by atoms with Gasteiger partial charge in [-0.2, -0.15) is 0 Å². The van der Waals surface area contributed by atoms with Crippen molar-refractivity contribution in [1.82, 2.24) is 0 Å². The summed E-state index contributed by atoms with van der Waals surface area (Å²) >= 11 is 0. The molecule has 2 heteroatoms. The predicted molar refractivity (Wildman–Crippen MR) is 309 cm³/mol. The lowest BCUT2D eigenvalue weighted by Crippen LogP contribution is -2.41. The van der Waals surface area contributed by atoms with Crippen molar-refractivity contribution < 1.29 is 4.42 Å². The molecule has 2 unspecified atom stereocenters. The molecule has 14 rings (SSSR count). The molecule has 1 heterocycles. The molecule has 0 N–H and O–H groups in total. The summed E-state index contributed by atoms with van der Waals surface area (Å²) in [4.78, 5) is 2.47. The molecule has 1 aromatic heterocycles. The average Bonchev–Trinajstić information content (AvgIpc) is 4.02. The van der Waals surface area contributed by atoms with E-state index < -0.39 is 5.41 Å². The van der Waals surface area contributed by atoms with Crippen LogP contribution in [0.25, 0.3) is 71.7 Å². The van der Waals surface area contributed by atoms with Crippen LogP contribution in [0.1, 0.15) is 34.7 Å². The Hall–Kier alpha value is -9.24. The summed E-state index contributed by atoms with van der Waals surface area (Å²) < 4.78 is 6.52. The molecule has 0 saturated carbocycles. The van der Waals surface area contributed by atoms with Gasteiger partial charge < -0.3 is 9.32 Å². The molecule has 0 aliphatic heterocycles. The third kappa shape index (κ3) is 6.65. The quantitative estimate of drug-likeness (QED) is 0.143. The Balaban J connectivity index is 0.956. The standard InChI is InChI=1S/C72H51NO/c1-71-62(37-21-41-69(71)72(53-26-7-3-8-27-53,54-28-9-4-10-29-54)64-36-15-14-35-63(64)71)50-42-45-55(46-43-50)73(65-38-16-11-30-56(65)52-44-47-60-59-32-13-18-40-67(59)74-68(60)48-52)66-39-17-12-31-58(66)61-34-20-25-51-24-19-33-57(70(51)61)49-22-5-2-6-23-49/h2-48,69H,1H3. The minimum Gasteiger partial charge on any atom is -0.456 e. The van der Waals surface area contributed by atoms with Gasteiger partial charge in [-0.05, 0) is 109 Å². The van der Waals surface area contributed by atoms with Crippen LogP contribution in [0.5, 0.6) is 0 Å². The molecule has 2 aliphatic rings. The lowest BCUT2D eigenvalue weighted by molar-refractivity contribution is 0.377. The molecule has 2 nitrogen and oxygen atoms in total. The molecule has 74 heavy (non-hydrogen) atoms. The van der Waals surface area contributed by atoms with Gasteiger partial charge in [-0.1, -0.05) is 250 Å². The van der Waals surface area contributed by atoms with E-state index >= 15 is 0 Å². The number of furan rings is 1. The molecular weight excluding hydrogens is 895 g/mol. The molecule has 2 atom stereocenters. The Kier molecular flexibility index (Phi) is 10.3. The summed E-state index contributed by atoms with van der Waals surface area (Å²) in [7, 11) is 0. The van der Waals surface area contributed by atoms with Crippen molar-refractivity contribution in [3.63, 3.8) is 0 Å². The van der Waals surface area contributed by atoms with Crippen molar-refractivity contribution in [3.05, 3.63) is 313 Å². The summed E-state index contributed by atoms with van der Waals surface area (Å²) in [5.74, 6) is 0.109. The maximum absolute atomic E-state index is 6.52. The van der Waals surface area contributed by atoms with Crippen LogP contribution in [-0.4, -0.2) is 0 Å². The third-order valence-corrected chi connectivity index (χ3v) is 16.3. The van der Waals surface area contributed by atoms with Gasteiger partial charge in [0.05, 0.1) is 16.8 Å². The van der Waals surface area contributed by atoms with Gasteiger partial charge >= 0.3 is 0 Å². The van der Waals surface area contributed by atoms with Gasteiger partial charge in [0.1, 0.15) is 11.2 Å². The van der Waals surface area contributed by atoms with E-state index in [0.717, 1.165) is 55.7 Å². The van der Waals surface area contributed by atoms with E-state index in [-0.39, 0.29) is 11.3 Å². The molecule has 12 aromatic rings. The number of benzene rings is 11. The molecule has 0 amide bonds. The summed E-state index contributed by atoms with van der Waals surface area (Å²) in [6.07, 6.45) is 7.16. The summed E-state index contributed by atoms with van der Waals surface area (Å²) in [6.45, 7) is 2.49. The lowest BCUT2D eigenvalue weighted by Gasteiger charge is -2.44. The number of fused-ring (bicyclic) bond motifs is 7. The first kappa shape index (κ1) is 43.5. The highest BCUT2D eigenvalue weighted by Crippen LogP contribution is 2.65. The first-order chi connectivity index (χ1) is 36.6. The highest BCUT2D eigenvalue weighted by Gasteiger charge is 2.60. The molecule has 0 bridgehead atoms. The first-order valence-electron chi connectivity index (χ1n) is 25.8. The SMILES string of the molecule is CC12C(c3ccc(N(c4ccccc4-c4ccc5c(c4)oc4ccccc45)c4ccccc4-c4cccc5cccc(-c6ccccc6)c45)cc3)=CC=CC1C(c1ccccc1)(c1ccccc1)c1ccccc12. The third-order valence-electron chi connectivity index (χ3n) is 16.3. The van der Waals surface area contributed by atoms with E-state index in [1.807, 2.05) is 6.07 Å². The van der Waals surface area contributed by atoms with E-state index in [0.29, 0.717) is 0 Å². The van der Waals surface area contributed by atoms with E-state index in [2.05, 4.69) is 291 Å². The fourth-order valence-corrected chi connectivity index (χ4v) is 13.1. The zero-order valence-electron chi connectivity index (χ0n) is 41.1. The number of hydrogen-bond acceptors (Lipinski definition) is 2. The van der Waals surface area contributed by atoms with Crippen LogP contribution in [-0.2, 0) is 10.8 Å². The second-order valence-electron chi connectivity index (χ2n) is 20.0. The Morgan fingerprint density at radius 1 is 0.405 bits per heavy atom. The maximum Gasteiger partial charge on any atom is 0.136 e. The van der Waals surface area contributed by atoms with Crippen molar-refractivity contribution in [3.8, 4) is 33.4 Å². The van der Waals surface area contributed by atoms with Gasteiger partial charge in [0.15, 0.2) is 0 Å². The van der Waals surface area contributed by atoms with Crippen LogP contribution in [0.3, 0.4) is 0 Å². The predicted octanol–water partition coefficient (Wildman–Crippen LogP) is 19.1. The second kappa shape index (κ2) is 17.5. The fourth-order valence-electron chi connectivity index (χ4n) is 13.1. The zero-order valence-corrected chi connectivity index (χ0v) is 41.1. The van der Waals surface area contributed by atoms with Gasteiger partial charge in [-0.25, -0.2) is 0 Å². The van der Waals surface area contributed by atoms with Crippen LogP contribution in [0, 0.1) is 5.92 Å².